The van der Waals surface area contributed by atoms with Crippen LogP contribution in [-0.4, -0.2) is 64.1 Å². The Morgan fingerprint density at radius 1 is 1.22 bits per heavy atom. The molecule has 37 heavy (non-hydrogen) atoms. The molecule has 0 unspecified atom stereocenters. The lowest BCUT2D eigenvalue weighted by Gasteiger charge is -2.45. The highest BCUT2D eigenvalue weighted by Gasteiger charge is 2.37. The Kier molecular flexibility index (Phi) is 5.27. The first-order chi connectivity index (χ1) is 17.7. The molecule has 188 valence electrons. The minimum absolute atomic E-state index is 0.00949. The van der Waals surface area contributed by atoms with Crippen molar-refractivity contribution in [3.8, 4) is 29.2 Å². The van der Waals surface area contributed by atoms with Crippen LogP contribution in [0.1, 0.15) is 31.9 Å². The average Bonchev–Trinajstić information content (AvgIpc) is 3.35. The predicted molar refractivity (Wildman–Crippen MR) is 144 cm³/mol. The Labute approximate surface area is 215 Å². The molecule has 0 saturated carbocycles. The number of hydrogen-bond donors (Lipinski definition) is 1. The number of fused-ring (bicyclic) bond motifs is 6. The van der Waals surface area contributed by atoms with E-state index in [2.05, 4.69) is 40.1 Å². The number of nitrogens with one attached hydrogen (secondary N) is 1. The van der Waals surface area contributed by atoms with Gasteiger partial charge >= 0.3 is 6.09 Å². The number of hydrogen-bond acceptors (Lipinski definition) is 6. The SMILES string of the molecule is C#Cc1cc2c3c(cnc2cc1-c1c(C)ccc2[nH]ncc12)OC[C@H]1CN(C(=O)OC(C)(C)C)CCN31. The summed E-state index contributed by atoms with van der Waals surface area (Å²) >= 11 is 0. The number of aryl methyl sites for hydroxylation is 1. The minimum Gasteiger partial charge on any atom is -0.488 e. The number of pyridine rings is 1. The van der Waals surface area contributed by atoms with E-state index >= 15 is 0 Å². The van der Waals surface area contributed by atoms with Crippen LogP contribution in [0.25, 0.3) is 32.9 Å². The summed E-state index contributed by atoms with van der Waals surface area (Å²) in [4.78, 5) is 21.5. The fourth-order valence-electron chi connectivity index (χ4n) is 5.39. The Morgan fingerprint density at radius 2 is 2.05 bits per heavy atom. The van der Waals surface area contributed by atoms with Crippen LogP contribution >= 0.6 is 0 Å². The van der Waals surface area contributed by atoms with Crippen molar-refractivity contribution in [1.29, 1.82) is 0 Å². The van der Waals surface area contributed by atoms with E-state index in [1.807, 2.05) is 39.1 Å². The molecule has 4 heterocycles. The number of aromatic nitrogens is 3. The van der Waals surface area contributed by atoms with Crippen LogP contribution in [0.2, 0.25) is 0 Å². The molecule has 1 atom stereocenters. The lowest BCUT2D eigenvalue weighted by molar-refractivity contribution is 0.0195. The number of piperazine rings is 1. The van der Waals surface area contributed by atoms with Crippen molar-refractivity contribution in [3.05, 3.63) is 47.8 Å². The van der Waals surface area contributed by atoms with Crippen molar-refractivity contribution in [2.24, 2.45) is 0 Å². The van der Waals surface area contributed by atoms with Gasteiger partial charge in [-0.2, -0.15) is 5.10 Å². The maximum atomic E-state index is 12.7. The summed E-state index contributed by atoms with van der Waals surface area (Å²) in [5.41, 5.74) is 6.15. The Morgan fingerprint density at radius 3 is 2.84 bits per heavy atom. The third-order valence-electron chi connectivity index (χ3n) is 7.06. The molecule has 2 aliphatic heterocycles. The number of ether oxygens (including phenoxy) is 2. The number of nitrogens with zero attached hydrogens (tertiary/aromatic N) is 4. The van der Waals surface area contributed by atoms with Crippen molar-refractivity contribution >= 4 is 33.6 Å². The number of anilines is 1. The van der Waals surface area contributed by atoms with E-state index in [1.54, 1.807) is 11.1 Å². The quantitative estimate of drug-likeness (QED) is 0.379. The van der Waals surface area contributed by atoms with Crippen molar-refractivity contribution in [2.75, 3.05) is 31.1 Å². The van der Waals surface area contributed by atoms with Crippen LogP contribution in [-0.2, 0) is 4.74 Å². The molecule has 2 aromatic heterocycles. The summed E-state index contributed by atoms with van der Waals surface area (Å²) < 4.78 is 11.7. The van der Waals surface area contributed by atoms with Crippen LogP contribution < -0.4 is 9.64 Å². The number of benzene rings is 2. The predicted octanol–water partition coefficient (Wildman–Crippen LogP) is 4.89. The summed E-state index contributed by atoms with van der Waals surface area (Å²) in [6, 6.07) is 8.22. The molecule has 0 radical (unpaired) electrons. The van der Waals surface area contributed by atoms with E-state index in [0.717, 1.165) is 55.5 Å². The second kappa shape index (κ2) is 8.41. The van der Waals surface area contributed by atoms with Gasteiger partial charge in [-0.25, -0.2) is 4.79 Å². The third-order valence-corrected chi connectivity index (χ3v) is 7.06. The molecule has 1 amide bonds. The van der Waals surface area contributed by atoms with Crippen LogP contribution in [0, 0.1) is 19.3 Å². The molecular formula is C29H29N5O3. The smallest absolute Gasteiger partial charge is 0.410 e. The number of amides is 1. The van der Waals surface area contributed by atoms with Crippen molar-refractivity contribution in [2.45, 2.75) is 39.3 Å². The Hall–Kier alpha value is -4.25. The van der Waals surface area contributed by atoms with Gasteiger partial charge in [0.1, 0.15) is 12.2 Å². The maximum absolute atomic E-state index is 12.7. The largest absolute Gasteiger partial charge is 0.488 e. The zero-order valence-electron chi connectivity index (χ0n) is 21.5. The van der Waals surface area contributed by atoms with Crippen LogP contribution in [0.3, 0.4) is 0 Å². The molecule has 1 N–H and O–H groups in total. The number of carbonyl (C=O) groups excluding carboxylic acids is 1. The van der Waals surface area contributed by atoms with E-state index in [-0.39, 0.29) is 12.1 Å². The summed E-state index contributed by atoms with van der Waals surface area (Å²) in [6.07, 6.45) is 9.40. The van der Waals surface area contributed by atoms with Gasteiger partial charge in [0.2, 0.25) is 0 Å². The number of H-pyrrole nitrogens is 1. The van der Waals surface area contributed by atoms with Gasteiger partial charge in [-0.05, 0) is 57.0 Å². The summed E-state index contributed by atoms with van der Waals surface area (Å²) in [5, 5.41) is 9.25. The van der Waals surface area contributed by atoms with Crippen molar-refractivity contribution < 1.29 is 14.3 Å². The van der Waals surface area contributed by atoms with E-state index in [1.165, 1.54) is 0 Å². The van der Waals surface area contributed by atoms with Gasteiger partial charge < -0.3 is 19.3 Å². The number of carbonyl (C=O) groups is 1. The first kappa shape index (κ1) is 23.2. The van der Waals surface area contributed by atoms with Gasteiger partial charge in [-0.15, -0.1) is 6.42 Å². The molecule has 0 aliphatic carbocycles. The fourth-order valence-corrected chi connectivity index (χ4v) is 5.39. The third kappa shape index (κ3) is 3.91. The monoisotopic (exact) mass is 495 g/mol. The maximum Gasteiger partial charge on any atom is 0.410 e. The topological polar surface area (TPSA) is 83.6 Å². The first-order valence-corrected chi connectivity index (χ1v) is 12.5. The molecular weight excluding hydrogens is 466 g/mol. The Balaban J connectivity index is 1.42. The summed E-state index contributed by atoms with van der Waals surface area (Å²) in [6.45, 7) is 9.96. The highest BCUT2D eigenvalue weighted by atomic mass is 16.6. The second-order valence-corrected chi connectivity index (χ2v) is 10.7. The number of aromatic amines is 1. The zero-order valence-corrected chi connectivity index (χ0v) is 21.5. The fraction of sp³-hybridized carbons (Fsp3) is 0.345. The second-order valence-electron chi connectivity index (χ2n) is 10.7. The van der Waals surface area contributed by atoms with E-state index in [4.69, 9.17) is 20.9 Å². The molecule has 1 fully saturated rings. The lowest BCUT2D eigenvalue weighted by atomic mass is 9.91. The highest BCUT2D eigenvalue weighted by Crippen LogP contribution is 2.43. The molecule has 2 aliphatic rings. The normalized spacial score (nSPS) is 17.2. The summed E-state index contributed by atoms with van der Waals surface area (Å²) in [5.74, 6) is 3.64. The van der Waals surface area contributed by atoms with Crippen LogP contribution in [0.15, 0.2) is 36.7 Å². The van der Waals surface area contributed by atoms with Gasteiger partial charge in [0.05, 0.1) is 35.2 Å². The van der Waals surface area contributed by atoms with Gasteiger partial charge in [0, 0.05) is 41.5 Å². The minimum atomic E-state index is -0.534. The van der Waals surface area contributed by atoms with E-state index in [9.17, 15) is 4.79 Å². The van der Waals surface area contributed by atoms with Gasteiger partial charge in [-0.3, -0.25) is 10.1 Å². The first-order valence-electron chi connectivity index (χ1n) is 12.5. The lowest BCUT2D eigenvalue weighted by Crippen LogP contribution is -2.59. The molecule has 0 bridgehead atoms. The Bertz CT molecular complexity index is 1590. The van der Waals surface area contributed by atoms with Gasteiger partial charge in [-0.1, -0.05) is 12.0 Å². The van der Waals surface area contributed by atoms with E-state index in [0.29, 0.717) is 26.2 Å². The molecule has 2 aromatic carbocycles. The molecule has 8 nitrogen and oxygen atoms in total. The standard InChI is InChI=1S/C29H29N5O3/c1-6-18-11-21-24(12-20(18)26-17(2)7-8-23-22(26)13-31-32-23)30-14-25-27(21)34-10-9-33(15-19(34)16-36-25)28(35)37-29(3,4)5/h1,7-8,11-14,19H,9-10,15-16H2,2-5H3,(H,31,32)/t19-/m1/s1. The highest BCUT2D eigenvalue weighted by molar-refractivity contribution is 6.03. The average molecular weight is 496 g/mol. The number of rotatable bonds is 1. The molecule has 0 spiro atoms. The van der Waals surface area contributed by atoms with Gasteiger partial charge in [0.15, 0.2) is 5.75 Å². The molecule has 4 aromatic rings. The van der Waals surface area contributed by atoms with Crippen LogP contribution in [0.4, 0.5) is 10.5 Å². The number of terminal acetylenes is 1. The van der Waals surface area contributed by atoms with Crippen LogP contribution in [0.5, 0.6) is 5.75 Å². The molecule has 6 rings (SSSR count). The zero-order chi connectivity index (χ0) is 25.9. The molecule has 1 saturated heterocycles. The van der Waals surface area contributed by atoms with Crippen molar-refractivity contribution in [1.82, 2.24) is 20.1 Å². The van der Waals surface area contributed by atoms with Gasteiger partial charge in [0.25, 0.3) is 0 Å². The summed E-state index contributed by atoms with van der Waals surface area (Å²) in [7, 11) is 0. The molecule has 8 heteroatoms. The van der Waals surface area contributed by atoms with E-state index < -0.39 is 5.60 Å². The van der Waals surface area contributed by atoms with Crippen molar-refractivity contribution in [3.63, 3.8) is 0 Å².